The van der Waals surface area contributed by atoms with Gasteiger partial charge in [-0.1, -0.05) is 25.7 Å². The first-order valence-corrected chi connectivity index (χ1v) is 6.80. The smallest absolute Gasteiger partial charge is 0.227 e. The molecule has 1 atom stereocenters. The number of carbonyl (C=O) groups excluding carboxylic acids is 1. The summed E-state index contributed by atoms with van der Waals surface area (Å²) < 4.78 is 4.83. The van der Waals surface area contributed by atoms with Crippen LogP contribution in [0.4, 0.5) is 0 Å². The van der Waals surface area contributed by atoms with Crippen LogP contribution in [0.5, 0.6) is 0 Å². The lowest BCUT2D eigenvalue weighted by Gasteiger charge is -2.30. The number of nitrogens with one attached hydrogen (secondary N) is 1. The Balaban J connectivity index is 2.50. The van der Waals surface area contributed by atoms with Crippen LogP contribution in [0.2, 0.25) is 0 Å². The highest BCUT2D eigenvalue weighted by Gasteiger charge is 2.37. The van der Waals surface area contributed by atoms with E-state index in [1.54, 1.807) is 0 Å². The molecule has 1 fully saturated rings. The maximum Gasteiger partial charge on any atom is 0.227 e. The largest absolute Gasteiger partial charge is 0.389 e. The molecule has 18 heavy (non-hydrogen) atoms. The van der Waals surface area contributed by atoms with Crippen molar-refractivity contribution < 1.29 is 14.6 Å². The topological polar surface area (TPSA) is 84.6 Å². The molecule has 1 unspecified atom stereocenters. The molecular weight excluding hydrogens is 232 g/mol. The fraction of sp³-hybridized carbons (Fsp3) is 0.923. The van der Waals surface area contributed by atoms with Crippen molar-refractivity contribution in [3.8, 4) is 0 Å². The highest BCUT2D eigenvalue weighted by Crippen LogP contribution is 2.34. The third kappa shape index (κ3) is 4.23. The van der Waals surface area contributed by atoms with E-state index in [2.05, 4.69) is 5.32 Å². The molecule has 0 heterocycles. The van der Waals surface area contributed by atoms with Gasteiger partial charge in [-0.05, 0) is 12.8 Å². The lowest BCUT2D eigenvalue weighted by atomic mass is 9.79. The second kappa shape index (κ2) is 7.71. The number of hydrogen-bond donors (Lipinski definition) is 3. The van der Waals surface area contributed by atoms with E-state index >= 15 is 0 Å². The van der Waals surface area contributed by atoms with E-state index in [9.17, 15) is 9.90 Å². The Hall–Kier alpha value is -0.650. The molecule has 5 nitrogen and oxygen atoms in total. The fourth-order valence-corrected chi connectivity index (χ4v) is 2.58. The zero-order valence-electron chi connectivity index (χ0n) is 11.3. The lowest BCUT2D eigenvalue weighted by molar-refractivity contribution is -0.132. The van der Waals surface area contributed by atoms with Crippen molar-refractivity contribution in [3.63, 3.8) is 0 Å². The highest BCUT2D eigenvalue weighted by atomic mass is 16.5. The van der Waals surface area contributed by atoms with E-state index in [0.717, 1.165) is 25.7 Å². The summed E-state index contributed by atoms with van der Waals surface area (Å²) in [7, 11) is 1.53. The molecule has 0 aliphatic heterocycles. The van der Waals surface area contributed by atoms with Gasteiger partial charge in [0, 0.05) is 20.2 Å². The number of methoxy groups -OCH3 is 1. The fourth-order valence-electron chi connectivity index (χ4n) is 2.58. The maximum atomic E-state index is 12.3. The number of rotatable bonds is 6. The summed E-state index contributed by atoms with van der Waals surface area (Å²) in [5.74, 6) is -0.0120. The lowest BCUT2D eigenvalue weighted by Crippen LogP contribution is -2.48. The summed E-state index contributed by atoms with van der Waals surface area (Å²) in [6.07, 6.45) is 5.55. The molecule has 1 amide bonds. The van der Waals surface area contributed by atoms with E-state index in [0.29, 0.717) is 6.54 Å². The van der Waals surface area contributed by atoms with Gasteiger partial charge in [-0.15, -0.1) is 0 Å². The molecule has 0 saturated heterocycles. The Bertz CT molecular complexity index is 251. The van der Waals surface area contributed by atoms with Crippen molar-refractivity contribution in [1.82, 2.24) is 5.32 Å². The van der Waals surface area contributed by atoms with Crippen LogP contribution in [-0.2, 0) is 9.53 Å². The third-order valence-corrected chi connectivity index (χ3v) is 3.79. The van der Waals surface area contributed by atoms with Gasteiger partial charge in [0.15, 0.2) is 0 Å². The molecule has 4 N–H and O–H groups in total. The molecule has 5 heteroatoms. The SMILES string of the molecule is COCC(O)CNC(=O)C1(CN)CCCCCC1. The van der Waals surface area contributed by atoms with Gasteiger partial charge < -0.3 is 20.9 Å². The number of ether oxygens (including phenoxy) is 1. The predicted molar refractivity (Wildman–Crippen MR) is 70.1 cm³/mol. The van der Waals surface area contributed by atoms with Gasteiger partial charge in [0.2, 0.25) is 5.91 Å². The Morgan fingerprint density at radius 3 is 2.50 bits per heavy atom. The zero-order chi connectivity index (χ0) is 13.4. The number of hydrogen-bond acceptors (Lipinski definition) is 4. The van der Waals surface area contributed by atoms with Crippen molar-refractivity contribution in [2.75, 3.05) is 26.8 Å². The summed E-state index contributed by atoms with van der Waals surface area (Å²) in [6.45, 7) is 0.851. The maximum absolute atomic E-state index is 12.3. The summed E-state index contributed by atoms with van der Waals surface area (Å²) in [5, 5.41) is 12.3. The van der Waals surface area contributed by atoms with Crippen LogP contribution < -0.4 is 11.1 Å². The molecule has 0 aromatic heterocycles. The molecule has 0 radical (unpaired) electrons. The van der Waals surface area contributed by atoms with Gasteiger partial charge in [0.05, 0.1) is 18.1 Å². The van der Waals surface area contributed by atoms with Crippen LogP contribution in [0, 0.1) is 5.41 Å². The number of aliphatic hydroxyl groups is 1. The molecule has 0 spiro atoms. The van der Waals surface area contributed by atoms with Crippen molar-refractivity contribution in [3.05, 3.63) is 0 Å². The first kappa shape index (κ1) is 15.4. The van der Waals surface area contributed by atoms with Crippen molar-refractivity contribution in [2.24, 2.45) is 11.1 Å². The van der Waals surface area contributed by atoms with Crippen LogP contribution in [0.1, 0.15) is 38.5 Å². The van der Waals surface area contributed by atoms with E-state index in [1.165, 1.54) is 20.0 Å². The molecule has 1 rings (SSSR count). The number of nitrogens with two attached hydrogens (primary N) is 1. The zero-order valence-corrected chi connectivity index (χ0v) is 11.3. The molecule has 1 saturated carbocycles. The molecule has 1 aliphatic rings. The average molecular weight is 258 g/mol. The summed E-state index contributed by atoms with van der Waals surface area (Å²) in [5.41, 5.74) is 5.40. The second-order valence-corrected chi connectivity index (χ2v) is 5.22. The van der Waals surface area contributed by atoms with Gasteiger partial charge in [0.1, 0.15) is 0 Å². The van der Waals surface area contributed by atoms with Crippen LogP contribution in [-0.4, -0.2) is 43.9 Å². The van der Waals surface area contributed by atoms with Gasteiger partial charge >= 0.3 is 0 Å². The molecular formula is C13H26N2O3. The normalized spacial score (nSPS) is 21.1. The van der Waals surface area contributed by atoms with E-state index in [-0.39, 0.29) is 19.1 Å². The van der Waals surface area contributed by atoms with Gasteiger partial charge in [-0.2, -0.15) is 0 Å². The van der Waals surface area contributed by atoms with Crippen LogP contribution in [0.15, 0.2) is 0 Å². The first-order chi connectivity index (χ1) is 8.64. The number of carbonyl (C=O) groups is 1. The second-order valence-electron chi connectivity index (χ2n) is 5.22. The minimum absolute atomic E-state index is 0.0120. The standard InChI is InChI=1S/C13H26N2O3/c1-18-9-11(16)8-15-12(17)13(10-14)6-4-2-3-5-7-13/h11,16H,2-10,14H2,1H3,(H,15,17). The number of aliphatic hydroxyl groups excluding tert-OH is 1. The minimum atomic E-state index is -0.653. The third-order valence-electron chi connectivity index (χ3n) is 3.79. The minimum Gasteiger partial charge on any atom is -0.389 e. The monoisotopic (exact) mass is 258 g/mol. The summed E-state index contributed by atoms with van der Waals surface area (Å²) >= 11 is 0. The highest BCUT2D eigenvalue weighted by molar-refractivity contribution is 5.82. The molecule has 1 aliphatic carbocycles. The first-order valence-electron chi connectivity index (χ1n) is 6.80. The van der Waals surface area contributed by atoms with Gasteiger partial charge in [0.25, 0.3) is 0 Å². The van der Waals surface area contributed by atoms with E-state index < -0.39 is 11.5 Å². The summed E-state index contributed by atoms with van der Waals surface area (Å²) in [4.78, 5) is 12.3. The van der Waals surface area contributed by atoms with Crippen molar-refractivity contribution in [2.45, 2.75) is 44.6 Å². The van der Waals surface area contributed by atoms with E-state index in [4.69, 9.17) is 10.5 Å². The van der Waals surface area contributed by atoms with Gasteiger partial charge in [-0.25, -0.2) is 0 Å². The molecule has 106 valence electrons. The van der Waals surface area contributed by atoms with Gasteiger partial charge in [-0.3, -0.25) is 4.79 Å². The summed E-state index contributed by atoms with van der Waals surface area (Å²) in [6, 6.07) is 0. The van der Waals surface area contributed by atoms with Crippen LogP contribution in [0.25, 0.3) is 0 Å². The average Bonchev–Trinajstić information content (AvgIpc) is 2.62. The Labute approximate surface area is 109 Å². The number of amides is 1. The van der Waals surface area contributed by atoms with Crippen LogP contribution >= 0.6 is 0 Å². The molecule has 0 aromatic carbocycles. The Morgan fingerprint density at radius 1 is 1.39 bits per heavy atom. The quantitative estimate of drug-likeness (QED) is 0.602. The van der Waals surface area contributed by atoms with Crippen molar-refractivity contribution in [1.29, 1.82) is 0 Å². The predicted octanol–water partition coefficient (Wildman–Crippen LogP) is 0.409. The van der Waals surface area contributed by atoms with Crippen LogP contribution in [0.3, 0.4) is 0 Å². The van der Waals surface area contributed by atoms with E-state index in [1.807, 2.05) is 0 Å². The molecule has 0 aromatic rings. The van der Waals surface area contributed by atoms with Crippen molar-refractivity contribution >= 4 is 5.91 Å². The Morgan fingerprint density at radius 2 is 2.00 bits per heavy atom. The Kier molecular flexibility index (Phi) is 6.60. The molecule has 0 bridgehead atoms.